The van der Waals surface area contributed by atoms with Crippen LogP contribution in [0.3, 0.4) is 0 Å². The molecule has 2 saturated heterocycles. The van der Waals surface area contributed by atoms with Gasteiger partial charge in [-0.15, -0.1) is 0 Å². The van der Waals surface area contributed by atoms with Crippen molar-refractivity contribution in [1.82, 2.24) is 0 Å². The number of rotatable bonds is 5. The van der Waals surface area contributed by atoms with E-state index in [0.717, 1.165) is 51.8 Å². The van der Waals surface area contributed by atoms with E-state index in [1.54, 1.807) is 0 Å². The van der Waals surface area contributed by atoms with E-state index in [-0.39, 0.29) is 0 Å². The molecule has 3 rings (SSSR count). The van der Waals surface area contributed by atoms with E-state index < -0.39 is 5.60 Å². The van der Waals surface area contributed by atoms with Crippen LogP contribution in [0.25, 0.3) is 0 Å². The van der Waals surface area contributed by atoms with Gasteiger partial charge in [0.1, 0.15) is 0 Å². The maximum atomic E-state index is 10.7. The molecular weight excluding hydrogens is 262 g/mol. The Morgan fingerprint density at radius 2 is 1.95 bits per heavy atom. The molecule has 1 atom stereocenters. The molecule has 2 heterocycles. The minimum atomic E-state index is -0.454. The van der Waals surface area contributed by atoms with Gasteiger partial charge in [0.25, 0.3) is 0 Å². The predicted octanol–water partition coefficient (Wildman–Crippen LogP) is 3.37. The summed E-state index contributed by atoms with van der Waals surface area (Å²) in [6, 6.07) is 10.5. The Morgan fingerprint density at radius 3 is 2.62 bits per heavy atom. The molecule has 2 fully saturated rings. The standard InChI is InChI=1S/C18H27NO2/c20-18(10-4-8-17-9-5-15-21-17)11-13-19(14-12-18)16-6-2-1-3-7-16/h1-3,6-7,17,20H,4-5,8-15H2. The van der Waals surface area contributed by atoms with Crippen molar-refractivity contribution in [3.8, 4) is 0 Å². The number of para-hydroxylation sites is 1. The van der Waals surface area contributed by atoms with Crippen molar-refractivity contribution in [1.29, 1.82) is 0 Å². The topological polar surface area (TPSA) is 32.7 Å². The number of anilines is 1. The fraction of sp³-hybridized carbons (Fsp3) is 0.667. The fourth-order valence-corrected chi connectivity index (χ4v) is 3.60. The van der Waals surface area contributed by atoms with E-state index in [4.69, 9.17) is 4.74 Å². The van der Waals surface area contributed by atoms with Crippen molar-refractivity contribution in [2.24, 2.45) is 0 Å². The van der Waals surface area contributed by atoms with Crippen molar-refractivity contribution in [2.45, 2.75) is 56.7 Å². The van der Waals surface area contributed by atoms with Crippen LogP contribution in [0.15, 0.2) is 30.3 Å². The summed E-state index contributed by atoms with van der Waals surface area (Å²) in [5, 5.41) is 10.7. The molecule has 1 aromatic rings. The maximum absolute atomic E-state index is 10.7. The molecular formula is C18H27NO2. The van der Waals surface area contributed by atoms with Gasteiger partial charge in [-0.1, -0.05) is 18.2 Å². The van der Waals surface area contributed by atoms with Gasteiger partial charge < -0.3 is 14.7 Å². The highest BCUT2D eigenvalue weighted by Crippen LogP contribution is 2.31. The van der Waals surface area contributed by atoms with E-state index in [2.05, 4.69) is 35.2 Å². The highest BCUT2D eigenvalue weighted by molar-refractivity contribution is 5.46. The molecule has 0 aromatic heterocycles. The summed E-state index contributed by atoms with van der Waals surface area (Å²) < 4.78 is 5.66. The molecule has 21 heavy (non-hydrogen) atoms. The first-order valence-corrected chi connectivity index (χ1v) is 8.39. The quantitative estimate of drug-likeness (QED) is 0.902. The van der Waals surface area contributed by atoms with Gasteiger partial charge in [-0.05, 0) is 57.1 Å². The van der Waals surface area contributed by atoms with Gasteiger partial charge in [-0.25, -0.2) is 0 Å². The molecule has 2 aliphatic heterocycles. The van der Waals surface area contributed by atoms with Gasteiger partial charge >= 0.3 is 0 Å². The monoisotopic (exact) mass is 289 g/mol. The van der Waals surface area contributed by atoms with Crippen molar-refractivity contribution in [2.75, 3.05) is 24.6 Å². The van der Waals surface area contributed by atoms with E-state index in [9.17, 15) is 5.11 Å². The minimum absolute atomic E-state index is 0.454. The summed E-state index contributed by atoms with van der Waals surface area (Å²) in [6.45, 7) is 2.85. The second-order valence-corrected chi connectivity index (χ2v) is 6.57. The number of ether oxygens (including phenoxy) is 1. The lowest BCUT2D eigenvalue weighted by molar-refractivity contribution is 0.00180. The number of nitrogens with zero attached hydrogens (tertiary/aromatic N) is 1. The van der Waals surface area contributed by atoms with E-state index in [0.29, 0.717) is 6.10 Å². The molecule has 0 bridgehead atoms. The fourth-order valence-electron chi connectivity index (χ4n) is 3.60. The van der Waals surface area contributed by atoms with Crippen molar-refractivity contribution in [3.05, 3.63) is 30.3 Å². The van der Waals surface area contributed by atoms with Gasteiger partial charge in [0.2, 0.25) is 0 Å². The first-order chi connectivity index (χ1) is 10.3. The Kier molecular flexibility index (Phi) is 4.81. The number of benzene rings is 1. The van der Waals surface area contributed by atoms with Gasteiger partial charge in [0.15, 0.2) is 0 Å². The molecule has 116 valence electrons. The SMILES string of the molecule is OC1(CCCC2CCCO2)CCN(c2ccccc2)CC1. The Bertz CT molecular complexity index is 420. The van der Waals surface area contributed by atoms with Crippen LogP contribution in [0.4, 0.5) is 5.69 Å². The predicted molar refractivity (Wildman–Crippen MR) is 85.7 cm³/mol. The minimum Gasteiger partial charge on any atom is -0.390 e. The molecule has 0 amide bonds. The second-order valence-electron chi connectivity index (χ2n) is 6.57. The molecule has 0 radical (unpaired) electrons. The summed E-state index contributed by atoms with van der Waals surface area (Å²) in [6.07, 6.45) is 7.77. The van der Waals surface area contributed by atoms with Gasteiger partial charge in [-0.3, -0.25) is 0 Å². The third-order valence-corrected chi connectivity index (χ3v) is 5.01. The van der Waals surface area contributed by atoms with Crippen LogP contribution in [-0.2, 0) is 4.74 Å². The first kappa shape index (κ1) is 14.9. The first-order valence-electron chi connectivity index (χ1n) is 8.39. The lowest BCUT2D eigenvalue weighted by atomic mass is 9.86. The molecule has 0 aliphatic carbocycles. The number of hydrogen-bond acceptors (Lipinski definition) is 3. The Labute approximate surface area is 127 Å². The zero-order valence-electron chi connectivity index (χ0n) is 12.8. The second kappa shape index (κ2) is 6.80. The smallest absolute Gasteiger partial charge is 0.0681 e. The summed E-state index contributed by atoms with van der Waals surface area (Å²) in [7, 11) is 0. The highest BCUT2D eigenvalue weighted by Gasteiger charge is 2.32. The molecule has 2 aliphatic rings. The third-order valence-electron chi connectivity index (χ3n) is 5.01. The molecule has 1 aromatic carbocycles. The normalized spacial score (nSPS) is 25.2. The average molecular weight is 289 g/mol. The summed E-state index contributed by atoms with van der Waals surface area (Å²) >= 11 is 0. The lowest BCUT2D eigenvalue weighted by Gasteiger charge is -2.39. The number of hydrogen-bond donors (Lipinski definition) is 1. The molecule has 0 spiro atoms. The average Bonchev–Trinajstić information content (AvgIpc) is 3.02. The van der Waals surface area contributed by atoms with Crippen molar-refractivity contribution in [3.63, 3.8) is 0 Å². The van der Waals surface area contributed by atoms with Crippen LogP contribution in [0, 0.1) is 0 Å². The zero-order valence-corrected chi connectivity index (χ0v) is 12.8. The maximum Gasteiger partial charge on any atom is 0.0681 e. The Morgan fingerprint density at radius 1 is 1.19 bits per heavy atom. The van der Waals surface area contributed by atoms with Crippen molar-refractivity contribution < 1.29 is 9.84 Å². The van der Waals surface area contributed by atoms with Crippen LogP contribution in [0.2, 0.25) is 0 Å². The highest BCUT2D eigenvalue weighted by atomic mass is 16.5. The Balaban J connectivity index is 1.43. The van der Waals surface area contributed by atoms with Crippen LogP contribution in [-0.4, -0.2) is 36.5 Å². The van der Waals surface area contributed by atoms with Crippen LogP contribution in [0.5, 0.6) is 0 Å². The number of aliphatic hydroxyl groups is 1. The van der Waals surface area contributed by atoms with E-state index >= 15 is 0 Å². The van der Waals surface area contributed by atoms with E-state index in [1.807, 2.05) is 0 Å². The van der Waals surface area contributed by atoms with Gasteiger partial charge in [0.05, 0.1) is 11.7 Å². The summed E-state index contributed by atoms with van der Waals surface area (Å²) in [5.41, 5.74) is 0.822. The molecule has 3 nitrogen and oxygen atoms in total. The third kappa shape index (κ3) is 3.98. The molecule has 1 unspecified atom stereocenters. The molecule has 0 saturated carbocycles. The zero-order chi connectivity index (χ0) is 14.5. The largest absolute Gasteiger partial charge is 0.390 e. The Hall–Kier alpha value is -1.06. The summed E-state index contributed by atoms with van der Waals surface area (Å²) in [5.74, 6) is 0. The number of piperidine rings is 1. The molecule has 3 heteroatoms. The van der Waals surface area contributed by atoms with Crippen LogP contribution >= 0.6 is 0 Å². The lowest BCUT2D eigenvalue weighted by Crippen LogP contribution is -2.44. The van der Waals surface area contributed by atoms with Crippen LogP contribution < -0.4 is 4.90 Å². The van der Waals surface area contributed by atoms with Gasteiger partial charge in [0, 0.05) is 25.4 Å². The van der Waals surface area contributed by atoms with Crippen molar-refractivity contribution >= 4 is 5.69 Å². The van der Waals surface area contributed by atoms with Crippen LogP contribution in [0.1, 0.15) is 44.9 Å². The summed E-state index contributed by atoms with van der Waals surface area (Å²) in [4.78, 5) is 2.38. The van der Waals surface area contributed by atoms with E-state index in [1.165, 1.54) is 18.5 Å². The van der Waals surface area contributed by atoms with Gasteiger partial charge in [-0.2, -0.15) is 0 Å². The molecule has 1 N–H and O–H groups in total.